The number of hydrogen-bond donors (Lipinski definition) is 0. The number of carbonyl (C=O) groups excluding carboxylic acids is 2. The van der Waals surface area contributed by atoms with Gasteiger partial charge in [-0.2, -0.15) is 0 Å². The second-order valence-electron chi connectivity index (χ2n) is 2.60. The second kappa shape index (κ2) is 4.50. The standard InChI is InChI=1S/C10H9FO3/c1-2-9(13)14-10-7(6-12)4-3-5-8(10)11/h3-6H,2H2,1H3. The van der Waals surface area contributed by atoms with Gasteiger partial charge in [-0.15, -0.1) is 0 Å². The molecule has 0 spiro atoms. The number of rotatable bonds is 3. The van der Waals surface area contributed by atoms with Crippen molar-refractivity contribution < 1.29 is 18.7 Å². The van der Waals surface area contributed by atoms with E-state index in [1.54, 1.807) is 6.92 Å². The Kier molecular flexibility index (Phi) is 3.34. The van der Waals surface area contributed by atoms with Crippen LogP contribution in [0.1, 0.15) is 23.7 Å². The van der Waals surface area contributed by atoms with Crippen molar-refractivity contribution in [2.24, 2.45) is 0 Å². The molecule has 0 amide bonds. The van der Waals surface area contributed by atoms with Crippen molar-refractivity contribution >= 4 is 12.3 Å². The topological polar surface area (TPSA) is 43.4 Å². The Hall–Kier alpha value is -1.71. The molecule has 1 rings (SSSR count). The maximum atomic E-state index is 13.1. The number of benzene rings is 1. The van der Waals surface area contributed by atoms with E-state index in [4.69, 9.17) is 0 Å². The largest absolute Gasteiger partial charge is 0.423 e. The van der Waals surface area contributed by atoms with Crippen molar-refractivity contribution in [3.63, 3.8) is 0 Å². The fourth-order valence-corrected chi connectivity index (χ4v) is 0.912. The molecule has 0 saturated heterocycles. The number of hydrogen-bond acceptors (Lipinski definition) is 3. The van der Waals surface area contributed by atoms with Crippen LogP contribution in [0.5, 0.6) is 5.75 Å². The zero-order chi connectivity index (χ0) is 10.6. The Labute approximate surface area is 80.5 Å². The first kappa shape index (κ1) is 10.4. The highest BCUT2D eigenvalue weighted by Gasteiger charge is 2.12. The number of halogens is 1. The maximum Gasteiger partial charge on any atom is 0.311 e. The molecule has 74 valence electrons. The summed E-state index contributed by atoms with van der Waals surface area (Å²) in [4.78, 5) is 21.4. The molecular weight excluding hydrogens is 187 g/mol. The van der Waals surface area contributed by atoms with Crippen LogP contribution in [0, 0.1) is 5.82 Å². The highest BCUT2D eigenvalue weighted by Crippen LogP contribution is 2.21. The molecule has 0 N–H and O–H groups in total. The first-order valence-corrected chi connectivity index (χ1v) is 4.13. The predicted molar refractivity (Wildman–Crippen MR) is 47.7 cm³/mol. The number of aldehydes is 1. The van der Waals surface area contributed by atoms with Crippen molar-refractivity contribution in [3.05, 3.63) is 29.6 Å². The summed E-state index contributed by atoms with van der Waals surface area (Å²) in [5.41, 5.74) is 0.0341. The lowest BCUT2D eigenvalue weighted by Gasteiger charge is -2.05. The summed E-state index contributed by atoms with van der Waals surface area (Å²) in [6.45, 7) is 1.59. The number of ether oxygens (including phenoxy) is 1. The van der Waals surface area contributed by atoms with Crippen LogP contribution in [0.4, 0.5) is 4.39 Å². The van der Waals surface area contributed by atoms with Crippen LogP contribution in [-0.2, 0) is 4.79 Å². The van der Waals surface area contributed by atoms with Gasteiger partial charge in [0.1, 0.15) is 0 Å². The number of para-hydroxylation sites is 1. The van der Waals surface area contributed by atoms with Gasteiger partial charge in [-0.25, -0.2) is 4.39 Å². The van der Waals surface area contributed by atoms with Crippen molar-refractivity contribution in [2.45, 2.75) is 13.3 Å². The number of carbonyl (C=O) groups is 2. The quantitative estimate of drug-likeness (QED) is 0.421. The minimum atomic E-state index is -0.712. The molecule has 0 heterocycles. The van der Waals surface area contributed by atoms with Gasteiger partial charge in [0, 0.05) is 6.42 Å². The Morgan fingerprint density at radius 2 is 2.29 bits per heavy atom. The van der Waals surface area contributed by atoms with Crippen molar-refractivity contribution in [1.82, 2.24) is 0 Å². The summed E-state index contributed by atoms with van der Waals surface area (Å²) in [6, 6.07) is 3.89. The molecule has 14 heavy (non-hydrogen) atoms. The smallest absolute Gasteiger partial charge is 0.311 e. The van der Waals surface area contributed by atoms with Gasteiger partial charge >= 0.3 is 5.97 Å². The first-order valence-electron chi connectivity index (χ1n) is 4.13. The van der Waals surface area contributed by atoms with Crippen LogP contribution in [0.15, 0.2) is 18.2 Å². The third-order valence-electron chi connectivity index (χ3n) is 1.63. The highest BCUT2D eigenvalue weighted by atomic mass is 19.1. The SMILES string of the molecule is CCC(=O)Oc1c(F)cccc1C=O. The maximum absolute atomic E-state index is 13.1. The van der Waals surface area contributed by atoms with Crippen LogP contribution in [0.2, 0.25) is 0 Å². The van der Waals surface area contributed by atoms with Gasteiger partial charge in [-0.05, 0) is 12.1 Å². The zero-order valence-corrected chi connectivity index (χ0v) is 7.62. The van der Waals surface area contributed by atoms with Crippen LogP contribution in [0.3, 0.4) is 0 Å². The molecular formula is C10H9FO3. The Morgan fingerprint density at radius 3 is 2.86 bits per heavy atom. The molecule has 0 fully saturated rings. The second-order valence-corrected chi connectivity index (χ2v) is 2.60. The van der Waals surface area contributed by atoms with Crippen molar-refractivity contribution in [1.29, 1.82) is 0 Å². The molecule has 0 aliphatic carbocycles. The molecule has 1 aromatic carbocycles. The van der Waals surface area contributed by atoms with E-state index >= 15 is 0 Å². The molecule has 1 aromatic rings. The minimum Gasteiger partial charge on any atom is -0.423 e. The number of esters is 1. The highest BCUT2D eigenvalue weighted by molar-refractivity contribution is 5.82. The Bertz CT molecular complexity index is 360. The van der Waals surface area contributed by atoms with Crippen LogP contribution >= 0.6 is 0 Å². The van der Waals surface area contributed by atoms with E-state index in [9.17, 15) is 14.0 Å². The van der Waals surface area contributed by atoms with Crippen molar-refractivity contribution in [3.8, 4) is 5.75 Å². The lowest BCUT2D eigenvalue weighted by atomic mass is 10.2. The van der Waals surface area contributed by atoms with Gasteiger partial charge in [0.05, 0.1) is 5.56 Å². The molecule has 0 bridgehead atoms. The lowest BCUT2D eigenvalue weighted by Crippen LogP contribution is -2.08. The van der Waals surface area contributed by atoms with Crippen molar-refractivity contribution in [2.75, 3.05) is 0 Å². The van der Waals surface area contributed by atoms with Crippen LogP contribution < -0.4 is 4.74 Å². The summed E-state index contributed by atoms with van der Waals surface area (Å²) in [7, 11) is 0. The summed E-state index contributed by atoms with van der Waals surface area (Å²) in [6.07, 6.45) is 0.577. The average Bonchev–Trinajstić information content (AvgIpc) is 2.20. The summed E-state index contributed by atoms with van der Waals surface area (Å²) >= 11 is 0. The average molecular weight is 196 g/mol. The molecule has 3 nitrogen and oxygen atoms in total. The molecule has 0 aliphatic rings. The van der Waals surface area contributed by atoms with E-state index in [-0.39, 0.29) is 17.7 Å². The van der Waals surface area contributed by atoms with E-state index in [1.165, 1.54) is 12.1 Å². The summed E-state index contributed by atoms with van der Waals surface area (Å²) in [5.74, 6) is -1.58. The van der Waals surface area contributed by atoms with Gasteiger partial charge in [0.15, 0.2) is 17.9 Å². The fraction of sp³-hybridized carbons (Fsp3) is 0.200. The lowest BCUT2D eigenvalue weighted by molar-refractivity contribution is -0.134. The third kappa shape index (κ3) is 2.16. The normalized spacial score (nSPS) is 9.57. The van der Waals surface area contributed by atoms with E-state index in [0.717, 1.165) is 6.07 Å². The zero-order valence-electron chi connectivity index (χ0n) is 7.62. The molecule has 0 atom stereocenters. The molecule has 0 unspecified atom stereocenters. The Balaban J connectivity index is 3.04. The molecule has 4 heteroatoms. The molecule has 0 radical (unpaired) electrons. The molecule has 0 aromatic heterocycles. The molecule has 0 saturated carbocycles. The van der Waals surface area contributed by atoms with Gasteiger partial charge in [-0.3, -0.25) is 9.59 Å². The molecule has 0 aliphatic heterocycles. The summed E-state index contributed by atoms with van der Waals surface area (Å²) in [5, 5.41) is 0. The monoisotopic (exact) mass is 196 g/mol. The predicted octanol–water partition coefficient (Wildman–Crippen LogP) is 1.95. The third-order valence-corrected chi connectivity index (χ3v) is 1.63. The van der Waals surface area contributed by atoms with Gasteiger partial charge in [0.2, 0.25) is 0 Å². The fourth-order valence-electron chi connectivity index (χ4n) is 0.912. The van der Waals surface area contributed by atoms with Crippen LogP contribution in [0.25, 0.3) is 0 Å². The van der Waals surface area contributed by atoms with Gasteiger partial charge in [0.25, 0.3) is 0 Å². The van der Waals surface area contributed by atoms with E-state index < -0.39 is 11.8 Å². The Morgan fingerprint density at radius 1 is 1.57 bits per heavy atom. The van der Waals surface area contributed by atoms with Crippen LogP contribution in [-0.4, -0.2) is 12.3 Å². The summed E-state index contributed by atoms with van der Waals surface area (Å²) < 4.78 is 17.8. The first-order chi connectivity index (χ1) is 6.69. The van der Waals surface area contributed by atoms with E-state index in [2.05, 4.69) is 4.74 Å². The van der Waals surface area contributed by atoms with Gasteiger partial charge < -0.3 is 4.74 Å². The minimum absolute atomic E-state index is 0.0341. The van der Waals surface area contributed by atoms with Gasteiger partial charge in [-0.1, -0.05) is 13.0 Å². The van der Waals surface area contributed by atoms with E-state index in [0.29, 0.717) is 6.29 Å². The van der Waals surface area contributed by atoms with E-state index in [1.807, 2.05) is 0 Å².